The van der Waals surface area contributed by atoms with Crippen LogP contribution in [0.5, 0.6) is 0 Å². The molecule has 88 valence electrons. The maximum atomic E-state index is 5.73. The van der Waals surface area contributed by atoms with Gasteiger partial charge in [-0.1, -0.05) is 11.6 Å². The standard InChI is InChI=1S/C11H12ClN5/c1-16(2)8-15-17-4-3-9(7-17)11-13-5-10(12)6-14-11/h3-8H,1-2H3/b15-8+. The van der Waals surface area contributed by atoms with Gasteiger partial charge in [-0.05, 0) is 6.07 Å². The Balaban J connectivity index is 2.21. The van der Waals surface area contributed by atoms with Gasteiger partial charge in [0.1, 0.15) is 6.34 Å². The molecule has 0 N–H and O–H groups in total. The molecule has 0 aliphatic rings. The minimum Gasteiger partial charge on any atom is -0.367 e. The Kier molecular flexibility index (Phi) is 3.39. The molecule has 2 aromatic rings. The van der Waals surface area contributed by atoms with Crippen molar-refractivity contribution in [3.05, 3.63) is 35.9 Å². The average Bonchev–Trinajstić information content (AvgIpc) is 2.76. The first-order valence-corrected chi connectivity index (χ1v) is 5.40. The Hall–Kier alpha value is -1.88. The maximum absolute atomic E-state index is 5.73. The van der Waals surface area contributed by atoms with Crippen LogP contribution >= 0.6 is 11.6 Å². The largest absolute Gasteiger partial charge is 0.367 e. The summed E-state index contributed by atoms with van der Waals surface area (Å²) in [7, 11) is 3.83. The van der Waals surface area contributed by atoms with Crippen LogP contribution in [0.15, 0.2) is 36.0 Å². The Morgan fingerprint density at radius 3 is 2.71 bits per heavy atom. The molecule has 0 spiro atoms. The van der Waals surface area contributed by atoms with E-state index >= 15 is 0 Å². The van der Waals surface area contributed by atoms with E-state index in [2.05, 4.69) is 15.1 Å². The van der Waals surface area contributed by atoms with Gasteiger partial charge in [0.05, 0.1) is 5.02 Å². The third kappa shape index (κ3) is 3.04. The van der Waals surface area contributed by atoms with Gasteiger partial charge in [0.2, 0.25) is 0 Å². The summed E-state index contributed by atoms with van der Waals surface area (Å²) in [5, 5.41) is 4.73. The summed E-state index contributed by atoms with van der Waals surface area (Å²) in [6.07, 6.45) is 8.55. The van der Waals surface area contributed by atoms with E-state index in [0.29, 0.717) is 10.8 Å². The van der Waals surface area contributed by atoms with Crippen molar-refractivity contribution < 1.29 is 0 Å². The molecule has 2 rings (SSSR count). The molecule has 0 bridgehead atoms. The number of halogens is 1. The average molecular weight is 250 g/mol. The van der Waals surface area contributed by atoms with Crippen molar-refractivity contribution in [3.63, 3.8) is 0 Å². The van der Waals surface area contributed by atoms with Crippen molar-refractivity contribution in [2.75, 3.05) is 14.1 Å². The van der Waals surface area contributed by atoms with Crippen LogP contribution in [0.1, 0.15) is 0 Å². The Bertz CT molecular complexity index is 515. The molecule has 0 fully saturated rings. The Morgan fingerprint density at radius 1 is 1.35 bits per heavy atom. The zero-order chi connectivity index (χ0) is 12.3. The van der Waals surface area contributed by atoms with Crippen molar-refractivity contribution in [2.24, 2.45) is 5.10 Å². The summed E-state index contributed by atoms with van der Waals surface area (Å²) in [4.78, 5) is 10.1. The van der Waals surface area contributed by atoms with Crippen molar-refractivity contribution in [3.8, 4) is 11.4 Å². The minimum absolute atomic E-state index is 0.527. The lowest BCUT2D eigenvalue weighted by Gasteiger charge is -2.01. The van der Waals surface area contributed by atoms with E-state index in [1.54, 1.807) is 23.4 Å². The van der Waals surface area contributed by atoms with E-state index in [0.717, 1.165) is 5.56 Å². The van der Waals surface area contributed by atoms with E-state index in [1.165, 1.54) is 0 Å². The summed E-state index contributed by atoms with van der Waals surface area (Å²) in [5.41, 5.74) is 0.901. The molecule has 17 heavy (non-hydrogen) atoms. The first-order valence-electron chi connectivity index (χ1n) is 5.02. The lowest BCUT2D eigenvalue weighted by molar-refractivity contribution is 0.632. The zero-order valence-electron chi connectivity index (χ0n) is 9.58. The van der Waals surface area contributed by atoms with Gasteiger partial charge in [-0.25, -0.2) is 14.6 Å². The van der Waals surface area contributed by atoms with E-state index in [4.69, 9.17) is 11.6 Å². The fourth-order valence-electron chi connectivity index (χ4n) is 1.21. The van der Waals surface area contributed by atoms with Gasteiger partial charge in [-0.3, -0.25) is 0 Å². The van der Waals surface area contributed by atoms with Gasteiger partial charge in [-0.15, -0.1) is 0 Å². The number of aromatic nitrogens is 3. The summed E-state index contributed by atoms with van der Waals surface area (Å²) < 4.78 is 1.70. The lowest BCUT2D eigenvalue weighted by Crippen LogP contribution is -2.08. The van der Waals surface area contributed by atoms with Crippen LogP contribution in [0, 0.1) is 0 Å². The van der Waals surface area contributed by atoms with E-state index in [9.17, 15) is 0 Å². The highest BCUT2D eigenvalue weighted by atomic mass is 35.5. The molecular formula is C11H12ClN5. The normalized spacial score (nSPS) is 11.0. The van der Waals surface area contributed by atoms with Crippen molar-refractivity contribution >= 4 is 17.9 Å². The molecule has 2 aromatic heterocycles. The summed E-state index contributed by atoms with van der Waals surface area (Å²) >= 11 is 5.73. The molecule has 0 saturated heterocycles. The number of rotatable bonds is 3. The molecule has 2 heterocycles. The van der Waals surface area contributed by atoms with Crippen molar-refractivity contribution in [1.82, 2.24) is 19.5 Å². The van der Waals surface area contributed by atoms with Gasteiger partial charge < -0.3 is 4.90 Å². The molecule has 0 aliphatic heterocycles. The maximum Gasteiger partial charge on any atom is 0.160 e. The highest BCUT2D eigenvalue weighted by Crippen LogP contribution is 2.15. The summed E-state index contributed by atoms with van der Waals surface area (Å²) in [6, 6.07) is 1.90. The van der Waals surface area contributed by atoms with Crippen LogP contribution in [0.25, 0.3) is 11.4 Å². The predicted octanol–water partition coefficient (Wildman–Crippen LogP) is 1.95. The van der Waals surface area contributed by atoms with Gasteiger partial charge in [0.15, 0.2) is 5.82 Å². The molecule has 0 saturated carbocycles. The van der Waals surface area contributed by atoms with Crippen LogP contribution in [0.2, 0.25) is 5.02 Å². The first kappa shape index (κ1) is 11.6. The second kappa shape index (κ2) is 4.97. The van der Waals surface area contributed by atoms with Crippen LogP contribution in [0.4, 0.5) is 0 Å². The smallest absolute Gasteiger partial charge is 0.160 e. The predicted molar refractivity (Wildman–Crippen MR) is 68.0 cm³/mol. The molecule has 0 radical (unpaired) electrons. The second-order valence-corrected chi connectivity index (χ2v) is 4.14. The SMILES string of the molecule is CN(C)/C=N/n1ccc(-c2ncc(Cl)cn2)c1. The van der Waals surface area contributed by atoms with Gasteiger partial charge in [0.25, 0.3) is 0 Å². The zero-order valence-corrected chi connectivity index (χ0v) is 10.3. The summed E-state index contributed by atoms with van der Waals surface area (Å²) in [5.74, 6) is 0.633. The van der Waals surface area contributed by atoms with Crippen molar-refractivity contribution in [1.29, 1.82) is 0 Å². The van der Waals surface area contributed by atoms with Gasteiger partial charge in [0, 0.05) is 44.4 Å². The minimum atomic E-state index is 0.527. The highest BCUT2D eigenvalue weighted by molar-refractivity contribution is 6.30. The molecule has 0 atom stereocenters. The van der Waals surface area contributed by atoms with Gasteiger partial charge >= 0.3 is 0 Å². The monoisotopic (exact) mass is 249 g/mol. The summed E-state index contributed by atoms with van der Waals surface area (Å²) in [6.45, 7) is 0. The van der Waals surface area contributed by atoms with E-state index in [-0.39, 0.29) is 0 Å². The topological polar surface area (TPSA) is 46.3 Å². The number of hydrogen-bond acceptors (Lipinski definition) is 3. The molecule has 0 amide bonds. The fraction of sp³-hybridized carbons (Fsp3) is 0.182. The number of hydrogen-bond donors (Lipinski definition) is 0. The third-order valence-corrected chi connectivity index (χ3v) is 2.17. The highest BCUT2D eigenvalue weighted by Gasteiger charge is 2.02. The second-order valence-electron chi connectivity index (χ2n) is 3.70. The molecule has 6 heteroatoms. The van der Waals surface area contributed by atoms with E-state index < -0.39 is 0 Å². The molecule has 0 unspecified atom stereocenters. The lowest BCUT2D eigenvalue weighted by atomic mass is 10.3. The molecule has 0 aromatic carbocycles. The quantitative estimate of drug-likeness (QED) is 0.617. The Labute approximate surface area is 104 Å². The van der Waals surface area contributed by atoms with Crippen LogP contribution in [-0.4, -0.2) is 40.0 Å². The third-order valence-electron chi connectivity index (χ3n) is 1.97. The molecular weight excluding hydrogens is 238 g/mol. The Morgan fingerprint density at radius 2 is 2.06 bits per heavy atom. The van der Waals surface area contributed by atoms with Crippen LogP contribution in [0.3, 0.4) is 0 Å². The van der Waals surface area contributed by atoms with Crippen molar-refractivity contribution in [2.45, 2.75) is 0 Å². The van der Waals surface area contributed by atoms with Gasteiger partial charge in [-0.2, -0.15) is 5.10 Å². The molecule has 0 aliphatic carbocycles. The first-order chi connectivity index (χ1) is 8.15. The van der Waals surface area contributed by atoms with E-state index in [1.807, 2.05) is 37.5 Å². The fourth-order valence-corrected chi connectivity index (χ4v) is 1.31. The molecule has 5 nitrogen and oxygen atoms in total. The van der Waals surface area contributed by atoms with Crippen LogP contribution in [-0.2, 0) is 0 Å². The van der Waals surface area contributed by atoms with Crippen LogP contribution < -0.4 is 0 Å². The number of nitrogens with zero attached hydrogens (tertiary/aromatic N) is 5.